The van der Waals surface area contributed by atoms with E-state index in [0.717, 1.165) is 41.9 Å². The lowest BCUT2D eigenvalue weighted by atomic mass is 9.92. The van der Waals surface area contributed by atoms with Gasteiger partial charge in [0.05, 0.1) is 0 Å². The minimum absolute atomic E-state index is 0.279. The van der Waals surface area contributed by atoms with Crippen molar-refractivity contribution in [1.82, 2.24) is 20.3 Å². The Hall–Kier alpha value is -2.86. The van der Waals surface area contributed by atoms with Gasteiger partial charge in [-0.2, -0.15) is 0 Å². The molecule has 5 nitrogen and oxygen atoms in total. The number of nitrogens with one attached hydrogen (secondary N) is 2. The number of aryl methyl sites for hydroxylation is 1. The van der Waals surface area contributed by atoms with Crippen LogP contribution in [0.2, 0.25) is 0 Å². The molecular formula is C20H20FN5. The number of halogens is 1. The maximum Gasteiger partial charge on any atom is 0.163 e. The predicted octanol–water partition coefficient (Wildman–Crippen LogP) is 3.50. The van der Waals surface area contributed by atoms with Crippen LogP contribution in [-0.2, 0) is 12.8 Å². The third kappa shape index (κ3) is 3.41. The molecule has 0 spiro atoms. The molecule has 0 fully saturated rings. The van der Waals surface area contributed by atoms with Crippen molar-refractivity contribution in [2.45, 2.75) is 25.3 Å². The van der Waals surface area contributed by atoms with Crippen LogP contribution in [0, 0.1) is 5.82 Å². The molecule has 2 N–H and O–H groups in total. The van der Waals surface area contributed by atoms with E-state index in [2.05, 4.69) is 15.6 Å². The highest BCUT2D eigenvalue weighted by molar-refractivity contribution is 5.65. The van der Waals surface area contributed by atoms with E-state index in [4.69, 9.17) is 9.97 Å². The number of likely N-dealkylation sites (N-methyl/N-ethyl adjacent to an activating group) is 1. The van der Waals surface area contributed by atoms with Gasteiger partial charge in [0, 0.05) is 40.9 Å². The van der Waals surface area contributed by atoms with Crippen molar-refractivity contribution < 1.29 is 4.39 Å². The molecule has 0 radical (unpaired) electrons. The zero-order chi connectivity index (χ0) is 17.9. The normalized spacial score (nSPS) is 16.2. The quantitative estimate of drug-likeness (QED) is 0.755. The van der Waals surface area contributed by atoms with Crippen LogP contribution in [0.15, 0.2) is 48.8 Å². The largest absolute Gasteiger partial charge is 0.340 e. The summed E-state index contributed by atoms with van der Waals surface area (Å²) >= 11 is 0. The molecule has 0 saturated carbocycles. The van der Waals surface area contributed by atoms with E-state index in [1.165, 1.54) is 12.1 Å². The fourth-order valence-corrected chi connectivity index (χ4v) is 3.29. The number of nitrogens with zero attached hydrogens (tertiary/aromatic N) is 3. The smallest absolute Gasteiger partial charge is 0.163 e. The number of pyridine rings is 1. The molecule has 1 unspecified atom stereocenters. The molecule has 1 aliphatic rings. The van der Waals surface area contributed by atoms with Crippen LogP contribution in [0.25, 0.3) is 11.4 Å². The summed E-state index contributed by atoms with van der Waals surface area (Å²) in [7, 11) is 1.97. The molecule has 1 aliphatic carbocycles. The zero-order valence-electron chi connectivity index (χ0n) is 14.5. The summed E-state index contributed by atoms with van der Waals surface area (Å²) < 4.78 is 13.6. The number of aromatic nitrogens is 3. The Morgan fingerprint density at radius 1 is 1.15 bits per heavy atom. The van der Waals surface area contributed by atoms with Crippen LogP contribution in [0.5, 0.6) is 0 Å². The first-order valence-corrected chi connectivity index (χ1v) is 8.73. The van der Waals surface area contributed by atoms with Crippen LogP contribution in [0.3, 0.4) is 0 Å². The Morgan fingerprint density at radius 2 is 2.08 bits per heavy atom. The Kier molecular flexibility index (Phi) is 4.58. The third-order valence-corrected chi connectivity index (χ3v) is 4.69. The molecule has 3 aromatic rings. The summed E-state index contributed by atoms with van der Waals surface area (Å²) in [5, 5.41) is 6.63. The first-order chi connectivity index (χ1) is 12.7. The van der Waals surface area contributed by atoms with Gasteiger partial charge in [-0.05, 0) is 56.6 Å². The van der Waals surface area contributed by atoms with Crippen molar-refractivity contribution in [1.29, 1.82) is 0 Å². The fourth-order valence-electron chi connectivity index (χ4n) is 3.29. The number of hydrogen-bond acceptors (Lipinski definition) is 5. The average molecular weight is 349 g/mol. The molecule has 0 aliphatic heterocycles. The highest BCUT2D eigenvalue weighted by Crippen LogP contribution is 2.30. The maximum absolute atomic E-state index is 13.6. The molecule has 0 amide bonds. The lowest BCUT2D eigenvalue weighted by molar-refractivity contribution is 0.490. The molecule has 4 rings (SSSR count). The first kappa shape index (κ1) is 16.6. The van der Waals surface area contributed by atoms with Gasteiger partial charge in [0.25, 0.3) is 0 Å². The molecule has 26 heavy (non-hydrogen) atoms. The van der Waals surface area contributed by atoms with Gasteiger partial charge in [0.15, 0.2) is 5.82 Å². The molecule has 2 aromatic heterocycles. The predicted molar refractivity (Wildman–Crippen MR) is 99.8 cm³/mol. The van der Waals surface area contributed by atoms with Crippen molar-refractivity contribution in [2.24, 2.45) is 0 Å². The molecule has 6 heteroatoms. The number of fused-ring (bicyclic) bond motifs is 1. The summed E-state index contributed by atoms with van der Waals surface area (Å²) in [6.07, 6.45) is 6.25. The topological polar surface area (TPSA) is 62.7 Å². The van der Waals surface area contributed by atoms with E-state index < -0.39 is 0 Å². The Labute approximate surface area is 151 Å². The van der Waals surface area contributed by atoms with Gasteiger partial charge in [-0.3, -0.25) is 4.98 Å². The zero-order valence-corrected chi connectivity index (χ0v) is 14.5. The van der Waals surface area contributed by atoms with Gasteiger partial charge in [-0.15, -0.1) is 0 Å². The lowest BCUT2D eigenvalue weighted by Gasteiger charge is -2.26. The Morgan fingerprint density at radius 3 is 2.85 bits per heavy atom. The molecule has 0 saturated heterocycles. The molecule has 0 bridgehead atoms. The molecule has 2 heterocycles. The van der Waals surface area contributed by atoms with E-state index in [9.17, 15) is 4.39 Å². The molecule has 1 atom stereocenters. The van der Waals surface area contributed by atoms with E-state index in [-0.39, 0.29) is 5.82 Å². The van der Waals surface area contributed by atoms with Crippen LogP contribution >= 0.6 is 0 Å². The first-order valence-electron chi connectivity index (χ1n) is 8.73. The number of anilines is 2. The van der Waals surface area contributed by atoms with Gasteiger partial charge in [-0.1, -0.05) is 6.07 Å². The second-order valence-electron chi connectivity index (χ2n) is 6.43. The van der Waals surface area contributed by atoms with Gasteiger partial charge in [-0.25, -0.2) is 14.4 Å². The van der Waals surface area contributed by atoms with Gasteiger partial charge in [0.2, 0.25) is 0 Å². The maximum atomic E-state index is 13.6. The second-order valence-corrected chi connectivity index (χ2v) is 6.43. The van der Waals surface area contributed by atoms with E-state index in [1.54, 1.807) is 18.5 Å². The average Bonchev–Trinajstić information content (AvgIpc) is 2.68. The summed E-state index contributed by atoms with van der Waals surface area (Å²) in [4.78, 5) is 13.7. The summed E-state index contributed by atoms with van der Waals surface area (Å²) in [6.45, 7) is 0. The van der Waals surface area contributed by atoms with Crippen molar-refractivity contribution in [2.75, 3.05) is 12.4 Å². The van der Waals surface area contributed by atoms with Crippen LogP contribution in [0.1, 0.15) is 17.7 Å². The van der Waals surface area contributed by atoms with Crippen molar-refractivity contribution in [3.05, 3.63) is 65.9 Å². The van der Waals surface area contributed by atoms with Crippen molar-refractivity contribution in [3.63, 3.8) is 0 Å². The van der Waals surface area contributed by atoms with Gasteiger partial charge in [0.1, 0.15) is 11.6 Å². The van der Waals surface area contributed by atoms with E-state index in [1.807, 2.05) is 25.2 Å². The summed E-state index contributed by atoms with van der Waals surface area (Å²) in [6, 6.07) is 10.6. The standard InChI is InChI=1S/C20H20FN5/c1-22-15-7-8-18-17(11-15)20(24-16-6-2-5-14(21)10-16)26-19(25-18)13-4-3-9-23-12-13/h2-6,9-10,12,15,22H,7-8,11H2,1H3,(H,24,25,26). The van der Waals surface area contributed by atoms with E-state index in [0.29, 0.717) is 17.6 Å². The summed E-state index contributed by atoms with van der Waals surface area (Å²) in [5.41, 5.74) is 3.68. The summed E-state index contributed by atoms with van der Waals surface area (Å²) in [5.74, 6) is 1.09. The number of benzene rings is 1. The minimum Gasteiger partial charge on any atom is -0.340 e. The monoisotopic (exact) mass is 349 g/mol. The SMILES string of the molecule is CNC1CCc2nc(-c3cccnc3)nc(Nc3cccc(F)c3)c2C1. The molecule has 1 aromatic carbocycles. The molecular weight excluding hydrogens is 329 g/mol. The van der Waals surface area contributed by atoms with Crippen LogP contribution in [-0.4, -0.2) is 28.0 Å². The van der Waals surface area contributed by atoms with Crippen LogP contribution in [0.4, 0.5) is 15.9 Å². The van der Waals surface area contributed by atoms with E-state index >= 15 is 0 Å². The minimum atomic E-state index is -0.279. The molecule has 132 valence electrons. The highest BCUT2D eigenvalue weighted by atomic mass is 19.1. The van der Waals surface area contributed by atoms with Gasteiger partial charge >= 0.3 is 0 Å². The number of hydrogen-bond donors (Lipinski definition) is 2. The van der Waals surface area contributed by atoms with Crippen molar-refractivity contribution >= 4 is 11.5 Å². The van der Waals surface area contributed by atoms with Gasteiger partial charge < -0.3 is 10.6 Å². The highest BCUT2D eigenvalue weighted by Gasteiger charge is 2.23. The lowest BCUT2D eigenvalue weighted by Crippen LogP contribution is -2.32. The van der Waals surface area contributed by atoms with Crippen LogP contribution < -0.4 is 10.6 Å². The Balaban J connectivity index is 1.79. The third-order valence-electron chi connectivity index (χ3n) is 4.69. The number of rotatable bonds is 4. The fraction of sp³-hybridized carbons (Fsp3) is 0.250. The van der Waals surface area contributed by atoms with Crippen molar-refractivity contribution in [3.8, 4) is 11.4 Å². The Bertz CT molecular complexity index is 913. The second kappa shape index (κ2) is 7.17.